The molecule has 0 aliphatic carbocycles. The maximum absolute atomic E-state index is 15.5. The Bertz CT molecular complexity index is 1760. The van der Waals surface area contributed by atoms with Crippen LogP contribution in [0.1, 0.15) is 23.9 Å². The first-order valence-electron chi connectivity index (χ1n) is 14.5. The van der Waals surface area contributed by atoms with Crippen LogP contribution in [0.3, 0.4) is 0 Å². The van der Waals surface area contributed by atoms with Gasteiger partial charge in [0.15, 0.2) is 17.4 Å². The van der Waals surface area contributed by atoms with Gasteiger partial charge in [-0.1, -0.05) is 6.92 Å². The van der Waals surface area contributed by atoms with Crippen LogP contribution in [0, 0.1) is 11.6 Å². The number of aromatic nitrogens is 4. The molecule has 4 heterocycles. The number of carboxylic acids is 1. The minimum absolute atomic E-state index is 0.0993. The molecule has 4 aromatic rings. The van der Waals surface area contributed by atoms with Gasteiger partial charge in [0.1, 0.15) is 11.5 Å². The van der Waals surface area contributed by atoms with E-state index >= 15 is 4.39 Å². The van der Waals surface area contributed by atoms with Crippen LogP contribution >= 0.6 is 0 Å². The molecule has 2 aromatic carbocycles. The van der Waals surface area contributed by atoms with Crippen molar-refractivity contribution in [3.63, 3.8) is 0 Å². The number of hydrogen-bond acceptors (Lipinski definition) is 7. The van der Waals surface area contributed by atoms with Crippen LogP contribution in [0.4, 0.5) is 22.0 Å². The Kier molecular flexibility index (Phi) is 9.30. The van der Waals surface area contributed by atoms with Gasteiger partial charge in [0.2, 0.25) is 5.91 Å². The van der Waals surface area contributed by atoms with Crippen molar-refractivity contribution in [1.29, 1.82) is 0 Å². The first-order chi connectivity index (χ1) is 21.7. The predicted octanol–water partition coefficient (Wildman–Crippen LogP) is 3.93. The number of phenols is 1. The number of amides is 1. The molecule has 4 N–H and O–H groups in total. The third-order valence-electron chi connectivity index (χ3n) is 8.09. The third kappa shape index (κ3) is 6.97. The Labute approximate surface area is 259 Å². The minimum atomic E-state index is -5.08. The highest BCUT2D eigenvalue weighted by Crippen LogP contribution is 2.35. The number of aliphatic carboxylic acids is 1. The summed E-state index contributed by atoms with van der Waals surface area (Å²) < 4.78 is 61.4. The van der Waals surface area contributed by atoms with Crippen molar-refractivity contribution in [2.45, 2.75) is 32.5 Å². The molecule has 1 saturated heterocycles. The fourth-order valence-corrected chi connectivity index (χ4v) is 5.52. The lowest BCUT2D eigenvalue weighted by Gasteiger charge is -2.34. The summed E-state index contributed by atoms with van der Waals surface area (Å²) in [5, 5.41) is 24.4. The van der Waals surface area contributed by atoms with E-state index in [1.165, 1.54) is 18.2 Å². The molecule has 0 saturated carbocycles. The van der Waals surface area contributed by atoms with Gasteiger partial charge in [0, 0.05) is 39.1 Å². The number of rotatable bonds is 5. The number of nitrogens with one attached hydrogen (secondary N) is 2. The molecule has 2 aromatic heterocycles. The number of imidazole rings is 1. The van der Waals surface area contributed by atoms with Crippen molar-refractivity contribution in [3.8, 4) is 28.4 Å². The highest BCUT2D eigenvalue weighted by molar-refractivity contribution is 5.94. The van der Waals surface area contributed by atoms with Gasteiger partial charge in [0.05, 0.1) is 35.4 Å². The molecule has 0 bridgehead atoms. The SMILES string of the molecule is CCc1cc(O)c(F)cc1-c1cc(F)c2c(-c3nc4c([nH]3)CN(C(=O)CN3CCN(C)CC3)CC4)n[nH]c2c1.O=C(O)C(F)(F)F. The molecule has 1 fully saturated rings. The van der Waals surface area contributed by atoms with Crippen LogP contribution in [0.15, 0.2) is 24.3 Å². The number of likely N-dealkylation sites (N-methyl/N-ethyl adjacent to an activating group) is 1. The largest absolute Gasteiger partial charge is 0.505 e. The number of carbonyl (C=O) groups excluding carboxylic acids is 1. The molecule has 46 heavy (non-hydrogen) atoms. The zero-order valence-corrected chi connectivity index (χ0v) is 25.0. The Morgan fingerprint density at radius 3 is 2.37 bits per heavy atom. The van der Waals surface area contributed by atoms with Gasteiger partial charge in [-0.25, -0.2) is 18.6 Å². The van der Waals surface area contributed by atoms with E-state index in [4.69, 9.17) is 14.9 Å². The van der Waals surface area contributed by atoms with Crippen LogP contribution in [0.5, 0.6) is 5.75 Å². The second-order valence-corrected chi connectivity index (χ2v) is 11.2. The molecule has 6 rings (SSSR count). The van der Waals surface area contributed by atoms with Gasteiger partial charge in [-0.2, -0.15) is 18.3 Å². The number of piperazine rings is 1. The number of aromatic hydroxyl groups is 1. The third-order valence-corrected chi connectivity index (χ3v) is 8.09. The van der Waals surface area contributed by atoms with Crippen molar-refractivity contribution in [2.24, 2.45) is 0 Å². The zero-order valence-electron chi connectivity index (χ0n) is 25.0. The maximum Gasteiger partial charge on any atom is 0.490 e. The van der Waals surface area contributed by atoms with Crippen molar-refractivity contribution in [3.05, 3.63) is 52.9 Å². The second-order valence-electron chi connectivity index (χ2n) is 11.2. The normalized spacial score (nSPS) is 15.8. The summed E-state index contributed by atoms with van der Waals surface area (Å²) >= 11 is 0. The quantitative estimate of drug-likeness (QED) is 0.239. The summed E-state index contributed by atoms with van der Waals surface area (Å²) in [5.74, 6) is -3.92. The lowest BCUT2D eigenvalue weighted by atomic mass is 9.96. The number of benzene rings is 2. The number of carbonyl (C=O) groups is 2. The Hall–Kier alpha value is -4.57. The van der Waals surface area contributed by atoms with E-state index in [0.717, 1.165) is 37.6 Å². The van der Waals surface area contributed by atoms with E-state index in [0.29, 0.717) is 66.2 Å². The summed E-state index contributed by atoms with van der Waals surface area (Å²) in [5.41, 5.74) is 4.20. The van der Waals surface area contributed by atoms with Gasteiger partial charge in [-0.3, -0.25) is 14.8 Å². The Morgan fingerprint density at radius 1 is 1.02 bits per heavy atom. The molecule has 1 amide bonds. The monoisotopic (exact) mass is 649 g/mol. The molecule has 0 spiro atoms. The summed E-state index contributed by atoms with van der Waals surface area (Å²) in [6.07, 6.45) is -3.93. The zero-order chi connectivity index (χ0) is 33.3. The highest BCUT2D eigenvalue weighted by atomic mass is 19.4. The average molecular weight is 650 g/mol. The molecular formula is C30H32F5N7O4. The van der Waals surface area contributed by atoms with E-state index < -0.39 is 29.5 Å². The fraction of sp³-hybridized carbons (Fsp3) is 0.400. The van der Waals surface area contributed by atoms with E-state index in [1.807, 2.05) is 11.8 Å². The molecule has 16 heteroatoms. The molecule has 11 nitrogen and oxygen atoms in total. The minimum Gasteiger partial charge on any atom is -0.505 e. The summed E-state index contributed by atoms with van der Waals surface area (Å²) in [7, 11) is 2.09. The van der Waals surface area contributed by atoms with Crippen molar-refractivity contribution >= 4 is 22.8 Å². The number of phenolic OH excluding ortho intramolecular Hbond substituents is 1. The van der Waals surface area contributed by atoms with E-state index in [9.17, 15) is 27.5 Å². The second kappa shape index (κ2) is 13.0. The summed E-state index contributed by atoms with van der Waals surface area (Å²) in [6, 6.07) is 5.68. The first kappa shape index (κ1) is 32.8. The van der Waals surface area contributed by atoms with Crippen LogP contribution in [-0.4, -0.2) is 109 Å². The molecule has 0 atom stereocenters. The van der Waals surface area contributed by atoms with Gasteiger partial charge >= 0.3 is 12.1 Å². The summed E-state index contributed by atoms with van der Waals surface area (Å²) in [4.78, 5) is 36.1. The maximum atomic E-state index is 15.5. The van der Waals surface area contributed by atoms with E-state index in [2.05, 4.69) is 32.0 Å². The molecule has 0 radical (unpaired) electrons. The van der Waals surface area contributed by atoms with Crippen LogP contribution in [-0.2, 0) is 29.0 Å². The first-order valence-corrected chi connectivity index (χ1v) is 14.5. The van der Waals surface area contributed by atoms with Crippen molar-refractivity contribution < 1.29 is 41.8 Å². The molecule has 246 valence electrons. The van der Waals surface area contributed by atoms with Crippen LogP contribution in [0.2, 0.25) is 0 Å². The van der Waals surface area contributed by atoms with Gasteiger partial charge in [-0.05, 0) is 54.4 Å². The number of hydrogen-bond donors (Lipinski definition) is 4. The van der Waals surface area contributed by atoms with Crippen molar-refractivity contribution in [1.82, 2.24) is 34.9 Å². The van der Waals surface area contributed by atoms with Gasteiger partial charge in [0.25, 0.3) is 0 Å². The van der Waals surface area contributed by atoms with Crippen LogP contribution in [0.25, 0.3) is 33.5 Å². The van der Waals surface area contributed by atoms with Crippen molar-refractivity contribution in [2.75, 3.05) is 46.3 Å². The number of nitrogens with zero attached hydrogens (tertiary/aromatic N) is 5. The van der Waals surface area contributed by atoms with Gasteiger partial charge in [-0.15, -0.1) is 0 Å². The molecule has 2 aliphatic heterocycles. The number of aromatic amines is 2. The molecular weight excluding hydrogens is 617 g/mol. The number of alkyl halides is 3. The molecule has 0 unspecified atom stereocenters. The van der Waals surface area contributed by atoms with E-state index in [-0.39, 0.29) is 11.3 Å². The summed E-state index contributed by atoms with van der Waals surface area (Å²) in [6.45, 7) is 7.01. The van der Waals surface area contributed by atoms with Gasteiger partial charge < -0.3 is 25.0 Å². The van der Waals surface area contributed by atoms with E-state index in [1.54, 1.807) is 6.07 Å². The number of aryl methyl sites for hydroxylation is 1. The smallest absolute Gasteiger partial charge is 0.490 e. The number of carboxylic acid groups (broad SMARTS) is 1. The topological polar surface area (TPSA) is 142 Å². The number of fused-ring (bicyclic) bond motifs is 2. The average Bonchev–Trinajstić information content (AvgIpc) is 3.63. The highest BCUT2D eigenvalue weighted by Gasteiger charge is 2.38. The fourth-order valence-electron chi connectivity index (χ4n) is 5.52. The van der Waals surface area contributed by atoms with Crippen LogP contribution < -0.4 is 0 Å². The number of halogens is 5. The number of H-pyrrole nitrogens is 2. The standard InChI is InChI=1S/C28H31F2N7O2.C2HF3O2/c1-3-16-12-24(38)19(29)13-18(16)17-10-20(30)26-22(11-17)33-34-27(26)28-31-21-4-5-37(14-23(21)32-28)25(39)15-36-8-6-35(2)7-9-36;3-2(4,5)1(6)7/h10-13,38H,3-9,14-15H2,1-2H3,(H,31,32)(H,33,34);(H,6,7). The lowest BCUT2D eigenvalue weighted by Crippen LogP contribution is -2.49. The lowest BCUT2D eigenvalue weighted by molar-refractivity contribution is -0.192. The Balaban J connectivity index is 0.000000537. The predicted molar refractivity (Wildman–Crippen MR) is 157 cm³/mol. The molecule has 2 aliphatic rings. The Morgan fingerprint density at radius 2 is 1.72 bits per heavy atom.